The summed E-state index contributed by atoms with van der Waals surface area (Å²) >= 11 is 0.957. The lowest BCUT2D eigenvalue weighted by Gasteiger charge is -1.97. The van der Waals surface area contributed by atoms with E-state index >= 15 is 0 Å². The van der Waals surface area contributed by atoms with E-state index in [-0.39, 0.29) is 10.7 Å². The fourth-order valence-corrected chi connectivity index (χ4v) is 2.15. The number of rotatable bonds is 2. The molecule has 1 N–H and O–H groups in total. The third-order valence-electron chi connectivity index (χ3n) is 2.07. The summed E-state index contributed by atoms with van der Waals surface area (Å²) in [5.74, 6) is -0.101. The van der Waals surface area contributed by atoms with E-state index < -0.39 is 0 Å². The monoisotopic (exact) mass is 219 g/mol. The highest BCUT2D eigenvalue weighted by Gasteiger charge is 2.14. The van der Waals surface area contributed by atoms with Gasteiger partial charge in [0.05, 0.1) is 4.88 Å². The largest absolute Gasteiger partial charge is 0.316 e. The van der Waals surface area contributed by atoms with Gasteiger partial charge in [0.2, 0.25) is 5.78 Å². The molecule has 1 heterocycles. The zero-order valence-corrected chi connectivity index (χ0v) is 8.93. The minimum Gasteiger partial charge on any atom is -0.316 e. The minimum atomic E-state index is -0.188. The molecule has 0 bridgehead atoms. The van der Waals surface area contributed by atoms with Crippen LogP contribution in [0.2, 0.25) is 0 Å². The Morgan fingerprint density at radius 1 is 1.27 bits per heavy atom. The SMILES string of the molecule is Cc1[nH]c(=O)sc1C(=O)c1ccccc1. The molecule has 0 saturated carbocycles. The molecule has 76 valence electrons. The topological polar surface area (TPSA) is 49.9 Å². The average Bonchev–Trinajstić information content (AvgIpc) is 2.58. The van der Waals surface area contributed by atoms with Gasteiger partial charge in [0.15, 0.2) is 0 Å². The standard InChI is InChI=1S/C11H9NO2S/c1-7-10(15-11(14)12-7)9(13)8-5-3-2-4-6-8/h2-6H,1H3,(H,12,14). The zero-order chi connectivity index (χ0) is 10.8. The number of hydrogen-bond donors (Lipinski definition) is 1. The maximum Gasteiger partial charge on any atom is 0.305 e. The Hall–Kier alpha value is -1.68. The summed E-state index contributed by atoms with van der Waals surface area (Å²) in [6.07, 6.45) is 0. The molecule has 0 amide bonds. The van der Waals surface area contributed by atoms with Gasteiger partial charge in [0, 0.05) is 11.3 Å². The lowest BCUT2D eigenvalue weighted by atomic mass is 10.1. The number of ketones is 1. The van der Waals surface area contributed by atoms with Gasteiger partial charge >= 0.3 is 4.87 Å². The molecule has 0 atom stereocenters. The summed E-state index contributed by atoms with van der Waals surface area (Å²) in [4.78, 5) is 25.9. The molecule has 4 heteroatoms. The van der Waals surface area contributed by atoms with Crippen molar-refractivity contribution in [3.05, 3.63) is 56.1 Å². The van der Waals surface area contributed by atoms with Gasteiger partial charge in [-0.2, -0.15) is 0 Å². The van der Waals surface area contributed by atoms with Crippen LogP contribution in [0.15, 0.2) is 35.1 Å². The average molecular weight is 219 g/mol. The van der Waals surface area contributed by atoms with Crippen LogP contribution in [-0.2, 0) is 0 Å². The Labute approximate surface area is 90.4 Å². The number of carbonyl (C=O) groups is 1. The minimum absolute atomic E-state index is 0.101. The second-order valence-corrected chi connectivity index (χ2v) is 4.15. The highest BCUT2D eigenvalue weighted by atomic mass is 32.1. The van der Waals surface area contributed by atoms with Crippen molar-refractivity contribution in [2.45, 2.75) is 6.92 Å². The van der Waals surface area contributed by atoms with E-state index in [1.165, 1.54) is 0 Å². The molecule has 0 spiro atoms. The van der Waals surface area contributed by atoms with Gasteiger partial charge < -0.3 is 4.98 Å². The van der Waals surface area contributed by atoms with Gasteiger partial charge in [-0.1, -0.05) is 41.7 Å². The summed E-state index contributed by atoms with van der Waals surface area (Å²) in [7, 11) is 0. The second-order valence-electron chi connectivity index (χ2n) is 3.16. The smallest absolute Gasteiger partial charge is 0.305 e. The number of H-pyrrole nitrogens is 1. The molecule has 0 aliphatic rings. The first-order chi connectivity index (χ1) is 7.18. The van der Waals surface area contributed by atoms with Gasteiger partial charge in [-0.3, -0.25) is 9.59 Å². The number of benzene rings is 1. The Morgan fingerprint density at radius 3 is 2.47 bits per heavy atom. The van der Waals surface area contributed by atoms with Gasteiger partial charge in [-0.15, -0.1) is 0 Å². The van der Waals surface area contributed by atoms with Gasteiger partial charge in [-0.05, 0) is 6.92 Å². The highest BCUT2D eigenvalue weighted by Crippen LogP contribution is 2.14. The Kier molecular flexibility index (Phi) is 2.51. The highest BCUT2D eigenvalue weighted by molar-refractivity contribution is 7.11. The molecule has 0 unspecified atom stereocenters. The number of carbonyl (C=O) groups excluding carboxylic acids is 1. The van der Waals surface area contributed by atoms with Crippen molar-refractivity contribution in [2.75, 3.05) is 0 Å². The molecule has 0 saturated heterocycles. The first-order valence-corrected chi connectivity index (χ1v) is 5.29. The van der Waals surface area contributed by atoms with Crippen LogP contribution >= 0.6 is 11.3 Å². The number of hydrogen-bond acceptors (Lipinski definition) is 3. The van der Waals surface area contributed by atoms with Crippen LogP contribution in [0.5, 0.6) is 0 Å². The second kappa shape index (κ2) is 3.82. The third-order valence-corrected chi connectivity index (χ3v) is 3.05. The molecule has 2 rings (SSSR count). The van der Waals surface area contributed by atoms with Crippen LogP contribution in [0.1, 0.15) is 20.9 Å². The van der Waals surface area contributed by atoms with E-state index in [4.69, 9.17) is 0 Å². The fraction of sp³-hybridized carbons (Fsp3) is 0.0909. The van der Waals surface area contributed by atoms with Crippen molar-refractivity contribution in [3.63, 3.8) is 0 Å². The molecule has 0 fully saturated rings. The van der Waals surface area contributed by atoms with Crippen LogP contribution in [0.4, 0.5) is 0 Å². The predicted molar refractivity (Wildman–Crippen MR) is 59.6 cm³/mol. The quantitative estimate of drug-likeness (QED) is 0.785. The van der Waals surface area contributed by atoms with Crippen molar-refractivity contribution in [1.82, 2.24) is 4.98 Å². The number of aryl methyl sites for hydroxylation is 1. The van der Waals surface area contributed by atoms with Crippen LogP contribution in [0.25, 0.3) is 0 Å². The van der Waals surface area contributed by atoms with Crippen molar-refractivity contribution < 1.29 is 4.79 Å². The molecule has 15 heavy (non-hydrogen) atoms. The van der Waals surface area contributed by atoms with Crippen LogP contribution in [0, 0.1) is 6.92 Å². The summed E-state index contributed by atoms with van der Waals surface area (Å²) < 4.78 is 0. The number of thiazole rings is 1. The summed E-state index contributed by atoms with van der Waals surface area (Å²) in [5, 5.41) is 0. The maximum absolute atomic E-state index is 11.9. The number of aromatic amines is 1. The summed E-state index contributed by atoms with van der Waals surface area (Å²) in [5.41, 5.74) is 1.25. The molecule has 0 radical (unpaired) electrons. The summed E-state index contributed by atoms with van der Waals surface area (Å²) in [6, 6.07) is 8.94. The van der Waals surface area contributed by atoms with Crippen LogP contribution in [0.3, 0.4) is 0 Å². The lowest BCUT2D eigenvalue weighted by molar-refractivity contribution is 0.104. The Morgan fingerprint density at radius 2 is 1.93 bits per heavy atom. The van der Waals surface area contributed by atoms with Crippen molar-refractivity contribution in [3.8, 4) is 0 Å². The zero-order valence-electron chi connectivity index (χ0n) is 8.11. The number of aromatic nitrogens is 1. The first kappa shape index (κ1) is 9.86. The van der Waals surface area contributed by atoms with E-state index in [2.05, 4.69) is 4.98 Å². The van der Waals surface area contributed by atoms with Crippen LogP contribution in [-0.4, -0.2) is 10.8 Å². The molecule has 3 nitrogen and oxygen atoms in total. The van der Waals surface area contributed by atoms with E-state index in [1.807, 2.05) is 6.07 Å². The molecular formula is C11H9NO2S. The van der Waals surface area contributed by atoms with E-state index in [0.29, 0.717) is 16.1 Å². The normalized spacial score (nSPS) is 10.2. The fourth-order valence-electron chi connectivity index (χ4n) is 1.34. The van der Waals surface area contributed by atoms with Gasteiger partial charge in [-0.25, -0.2) is 0 Å². The van der Waals surface area contributed by atoms with E-state index in [9.17, 15) is 9.59 Å². The molecule has 0 aliphatic carbocycles. The lowest BCUT2D eigenvalue weighted by Crippen LogP contribution is -1.99. The van der Waals surface area contributed by atoms with E-state index in [0.717, 1.165) is 11.3 Å². The van der Waals surface area contributed by atoms with Gasteiger partial charge in [0.1, 0.15) is 0 Å². The molecule has 1 aromatic heterocycles. The number of nitrogens with one attached hydrogen (secondary N) is 1. The van der Waals surface area contributed by atoms with Crippen molar-refractivity contribution in [2.24, 2.45) is 0 Å². The summed E-state index contributed by atoms with van der Waals surface area (Å²) in [6.45, 7) is 1.73. The first-order valence-electron chi connectivity index (χ1n) is 4.48. The van der Waals surface area contributed by atoms with Crippen molar-refractivity contribution >= 4 is 17.1 Å². The molecule has 2 aromatic rings. The maximum atomic E-state index is 11.9. The molecule has 1 aromatic carbocycles. The molecule has 0 aliphatic heterocycles. The van der Waals surface area contributed by atoms with Crippen LogP contribution < -0.4 is 4.87 Å². The Balaban J connectivity index is 2.46. The Bertz CT molecular complexity index is 539. The van der Waals surface area contributed by atoms with Gasteiger partial charge in [0.25, 0.3) is 0 Å². The molecular weight excluding hydrogens is 210 g/mol. The van der Waals surface area contributed by atoms with E-state index in [1.54, 1.807) is 31.2 Å². The predicted octanol–water partition coefficient (Wildman–Crippen LogP) is 1.98. The van der Waals surface area contributed by atoms with Crippen molar-refractivity contribution in [1.29, 1.82) is 0 Å². The third kappa shape index (κ3) is 1.89.